The van der Waals surface area contributed by atoms with E-state index in [2.05, 4.69) is 23.7 Å². The van der Waals surface area contributed by atoms with Gasteiger partial charge in [-0.25, -0.2) is 4.79 Å². The van der Waals surface area contributed by atoms with E-state index < -0.39 is 0 Å². The van der Waals surface area contributed by atoms with Crippen molar-refractivity contribution < 1.29 is 9.21 Å². The van der Waals surface area contributed by atoms with Crippen LogP contribution in [0.2, 0.25) is 10.0 Å². The van der Waals surface area contributed by atoms with Crippen LogP contribution in [0.4, 0.5) is 10.5 Å². The zero-order valence-corrected chi connectivity index (χ0v) is 18.6. The van der Waals surface area contributed by atoms with Crippen molar-refractivity contribution >= 4 is 46.3 Å². The van der Waals surface area contributed by atoms with Crippen molar-refractivity contribution in [1.82, 2.24) is 4.90 Å². The number of nitrogens with one attached hydrogen (secondary N) is 1. The second kappa shape index (κ2) is 8.42. The van der Waals surface area contributed by atoms with E-state index in [0.717, 1.165) is 19.3 Å². The number of fused-ring (bicyclic) bond motifs is 1. The number of hydrogen-bond donors (Lipinski definition) is 1. The Hall–Kier alpha value is -1.95. The molecule has 2 aromatic heterocycles. The van der Waals surface area contributed by atoms with Gasteiger partial charge in [0.05, 0.1) is 21.8 Å². The summed E-state index contributed by atoms with van der Waals surface area (Å²) in [5.41, 5.74) is 3.23. The molecule has 3 aromatic rings. The van der Waals surface area contributed by atoms with E-state index >= 15 is 0 Å². The molecule has 0 fully saturated rings. The topological polar surface area (TPSA) is 45.5 Å². The Kier molecular flexibility index (Phi) is 5.91. The molecular weight excluding hydrogens is 427 g/mol. The van der Waals surface area contributed by atoms with Crippen molar-refractivity contribution in [2.45, 2.75) is 39.2 Å². The van der Waals surface area contributed by atoms with Crippen molar-refractivity contribution in [2.75, 3.05) is 11.9 Å². The molecule has 0 radical (unpaired) electrons. The third-order valence-corrected chi connectivity index (χ3v) is 6.98. The summed E-state index contributed by atoms with van der Waals surface area (Å²) in [7, 11) is 0. The third-order valence-electron chi connectivity index (χ3n) is 5.36. The smallest absolute Gasteiger partial charge is 0.322 e. The molecule has 0 aliphatic carbocycles. The fourth-order valence-corrected chi connectivity index (χ4v) is 5.48. The summed E-state index contributed by atoms with van der Waals surface area (Å²) in [5, 5.41) is 6.21. The minimum atomic E-state index is -0.130. The van der Waals surface area contributed by atoms with Gasteiger partial charge in [-0.15, -0.1) is 11.3 Å². The van der Waals surface area contributed by atoms with Crippen LogP contribution in [-0.2, 0) is 6.42 Å². The molecule has 0 saturated heterocycles. The fraction of sp³-hybridized carbons (Fsp3) is 0.318. The van der Waals surface area contributed by atoms with Crippen LogP contribution < -0.4 is 5.32 Å². The van der Waals surface area contributed by atoms with Crippen LogP contribution in [0, 0.1) is 6.92 Å². The normalized spacial score (nSPS) is 16.0. The van der Waals surface area contributed by atoms with Gasteiger partial charge >= 0.3 is 6.03 Å². The van der Waals surface area contributed by atoms with Gasteiger partial charge in [0.25, 0.3) is 0 Å². The molecule has 1 unspecified atom stereocenters. The van der Waals surface area contributed by atoms with Crippen molar-refractivity contribution in [1.29, 1.82) is 0 Å². The molecule has 1 aromatic carbocycles. The molecule has 152 valence electrons. The molecule has 4 nitrogen and oxygen atoms in total. The SMILES string of the molecule is CCCC1c2ccsc2CCN1C(=O)Nc1c(-c2c(Cl)cccc2Cl)coc1C. The molecule has 0 saturated carbocycles. The lowest BCUT2D eigenvalue weighted by atomic mass is 9.96. The first-order valence-corrected chi connectivity index (χ1v) is 11.3. The van der Waals surface area contributed by atoms with Crippen LogP contribution in [0.5, 0.6) is 0 Å². The molecule has 29 heavy (non-hydrogen) atoms. The van der Waals surface area contributed by atoms with E-state index in [9.17, 15) is 4.79 Å². The molecule has 1 atom stereocenters. The first-order valence-electron chi connectivity index (χ1n) is 9.67. The number of nitrogens with zero attached hydrogens (tertiary/aromatic N) is 1. The summed E-state index contributed by atoms with van der Waals surface area (Å²) in [4.78, 5) is 16.6. The van der Waals surface area contributed by atoms with E-state index in [1.54, 1.807) is 35.8 Å². The van der Waals surface area contributed by atoms with Crippen molar-refractivity contribution in [2.24, 2.45) is 0 Å². The summed E-state index contributed by atoms with van der Waals surface area (Å²) < 4.78 is 5.62. The number of halogens is 2. The lowest BCUT2D eigenvalue weighted by molar-refractivity contribution is 0.178. The fourth-order valence-electron chi connectivity index (χ4n) is 3.95. The molecule has 1 aliphatic heterocycles. The predicted molar refractivity (Wildman–Crippen MR) is 120 cm³/mol. The van der Waals surface area contributed by atoms with Crippen LogP contribution in [0.15, 0.2) is 40.3 Å². The number of rotatable bonds is 4. The Bertz CT molecular complexity index is 1020. The lowest BCUT2D eigenvalue weighted by Crippen LogP contribution is -2.42. The largest absolute Gasteiger partial charge is 0.467 e. The maximum absolute atomic E-state index is 13.3. The van der Waals surface area contributed by atoms with Gasteiger partial charge in [0.2, 0.25) is 0 Å². The lowest BCUT2D eigenvalue weighted by Gasteiger charge is -2.36. The van der Waals surface area contributed by atoms with E-state index in [1.165, 1.54) is 10.4 Å². The van der Waals surface area contributed by atoms with Gasteiger partial charge in [0.1, 0.15) is 12.0 Å². The van der Waals surface area contributed by atoms with Crippen LogP contribution >= 0.6 is 34.5 Å². The van der Waals surface area contributed by atoms with E-state index in [0.29, 0.717) is 39.2 Å². The Morgan fingerprint density at radius 1 is 1.31 bits per heavy atom. The van der Waals surface area contributed by atoms with Crippen molar-refractivity contribution in [3.05, 3.63) is 62.2 Å². The summed E-state index contributed by atoms with van der Waals surface area (Å²) in [6.07, 6.45) is 4.42. The van der Waals surface area contributed by atoms with Gasteiger partial charge in [0, 0.05) is 22.5 Å². The highest BCUT2D eigenvalue weighted by atomic mass is 35.5. The van der Waals surface area contributed by atoms with E-state index in [-0.39, 0.29) is 12.1 Å². The minimum absolute atomic E-state index is 0.0922. The molecule has 0 bridgehead atoms. The van der Waals surface area contributed by atoms with E-state index in [4.69, 9.17) is 27.6 Å². The number of benzene rings is 1. The molecular formula is C22H22Cl2N2O2S. The molecule has 0 spiro atoms. The van der Waals surface area contributed by atoms with E-state index in [1.807, 2.05) is 11.8 Å². The Morgan fingerprint density at radius 2 is 2.07 bits per heavy atom. The Balaban J connectivity index is 1.65. The average Bonchev–Trinajstić information content (AvgIpc) is 3.30. The second-order valence-corrected chi connectivity index (χ2v) is 8.97. The number of carbonyl (C=O) groups excluding carboxylic acids is 1. The van der Waals surface area contributed by atoms with Gasteiger partial charge in [-0.3, -0.25) is 0 Å². The van der Waals surface area contributed by atoms with Crippen LogP contribution in [0.3, 0.4) is 0 Å². The zero-order valence-electron chi connectivity index (χ0n) is 16.3. The van der Waals surface area contributed by atoms with Crippen LogP contribution in [0.25, 0.3) is 11.1 Å². The van der Waals surface area contributed by atoms with Crippen molar-refractivity contribution in [3.63, 3.8) is 0 Å². The highest BCUT2D eigenvalue weighted by Gasteiger charge is 2.32. The molecule has 3 heterocycles. The Labute approximate surface area is 184 Å². The maximum atomic E-state index is 13.3. The number of hydrogen-bond acceptors (Lipinski definition) is 3. The zero-order chi connectivity index (χ0) is 20.5. The summed E-state index contributed by atoms with van der Waals surface area (Å²) in [6.45, 7) is 4.66. The van der Waals surface area contributed by atoms with Gasteiger partial charge in [-0.05, 0) is 48.9 Å². The second-order valence-electron chi connectivity index (χ2n) is 7.15. The molecule has 4 rings (SSSR count). The van der Waals surface area contributed by atoms with Crippen molar-refractivity contribution in [3.8, 4) is 11.1 Å². The predicted octanol–water partition coefficient (Wildman–Crippen LogP) is 7.55. The minimum Gasteiger partial charge on any atom is -0.467 e. The van der Waals surface area contributed by atoms with Gasteiger partial charge in [-0.2, -0.15) is 0 Å². The van der Waals surface area contributed by atoms with Crippen LogP contribution in [-0.4, -0.2) is 17.5 Å². The summed E-state index contributed by atoms with van der Waals surface area (Å²) in [6, 6.07) is 7.45. The van der Waals surface area contributed by atoms with Gasteiger partial charge < -0.3 is 14.6 Å². The number of carbonyl (C=O) groups is 1. The first kappa shape index (κ1) is 20.3. The number of thiophene rings is 1. The highest BCUT2D eigenvalue weighted by molar-refractivity contribution is 7.10. The maximum Gasteiger partial charge on any atom is 0.322 e. The third kappa shape index (κ3) is 3.79. The summed E-state index contributed by atoms with van der Waals surface area (Å²) >= 11 is 14.6. The molecule has 1 aliphatic rings. The molecule has 1 N–H and O–H groups in total. The Morgan fingerprint density at radius 3 is 2.79 bits per heavy atom. The number of amides is 2. The average molecular weight is 449 g/mol. The monoisotopic (exact) mass is 448 g/mol. The van der Waals surface area contributed by atoms with Gasteiger partial charge in [0.15, 0.2) is 0 Å². The standard InChI is InChI=1S/C22H22Cl2N2O2S/c1-3-5-18-14-9-11-29-19(14)8-10-26(18)22(27)25-21-13(2)28-12-15(21)20-16(23)6-4-7-17(20)24/h4,6-7,9,11-12,18H,3,5,8,10H2,1-2H3,(H,25,27). The number of aryl methyl sites for hydroxylation is 1. The first-order chi connectivity index (χ1) is 14.0. The van der Waals surface area contributed by atoms with Crippen LogP contribution in [0.1, 0.15) is 42.0 Å². The molecule has 2 amide bonds. The summed E-state index contributed by atoms with van der Waals surface area (Å²) in [5.74, 6) is 0.615. The number of anilines is 1. The number of urea groups is 1. The number of furan rings is 1. The highest BCUT2D eigenvalue weighted by Crippen LogP contribution is 2.42. The molecule has 7 heteroatoms. The quantitative estimate of drug-likeness (QED) is 0.447. The van der Waals surface area contributed by atoms with Gasteiger partial charge in [-0.1, -0.05) is 42.6 Å².